The number of hydrogen-bond donors (Lipinski definition) is 1. The molecule has 1 N–H and O–H groups in total. The Hall–Kier alpha value is -3.92. The average molecular weight is 467 g/mol. The summed E-state index contributed by atoms with van der Waals surface area (Å²) in [5, 5.41) is 3.49. The van der Waals surface area contributed by atoms with Gasteiger partial charge in [0.25, 0.3) is 5.56 Å². The second kappa shape index (κ2) is 9.29. The summed E-state index contributed by atoms with van der Waals surface area (Å²) >= 11 is 1.37. The first-order valence-electron chi connectivity index (χ1n) is 10.00. The molecule has 0 saturated heterocycles. The number of carbonyl (C=O) groups is 1. The molecule has 0 saturated carbocycles. The van der Waals surface area contributed by atoms with E-state index in [2.05, 4.69) is 15.1 Å². The zero-order valence-electron chi connectivity index (χ0n) is 18.5. The maximum absolute atomic E-state index is 13.5. The van der Waals surface area contributed by atoms with Crippen LogP contribution < -0.4 is 15.0 Å². The third-order valence-corrected chi connectivity index (χ3v) is 6.04. The highest BCUT2D eigenvalue weighted by molar-refractivity contribution is 7.20. The average Bonchev–Trinajstić information content (AvgIpc) is 3.39. The van der Waals surface area contributed by atoms with Gasteiger partial charge in [-0.25, -0.2) is 9.98 Å². The number of H-pyrrole nitrogens is 1. The van der Waals surface area contributed by atoms with E-state index in [1.165, 1.54) is 37.3 Å². The van der Waals surface area contributed by atoms with Gasteiger partial charge in [-0.2, -0.15) is 4.68 Å². The normalized spacial score (nSPS) is 11.6. The Bertz CT molecular complexity index is 1380. The number of aliphatic imine (C=N–C) groups is 1. The van der Waals surface area contributed by atoms with Crippen molar-refractivity contribution in [3.63, 3.8) is 0 Å². The number of aromatic nitrogens is 3. The van der Waals surface area contributed by atoms with Crippen LogP contribution in [0.2, 0.25) is 0 Å². The van der Waals surface area contributed by atoms with Crippen molar-refractivity contribution in [3.05, 3.63) is 64.1 Å². The molecule has 0 aliphatic rings. The minimum atomic E-state index is -0.485. The van der Waals surface area contributed by atoms with Crippen LogP contribution in [0.5, 0.6) is 11.5 Å². The molecule has 10 heteroatoms. The SMILES string of the molecule is COC(=O)Cc1[nH]n(-c2nc3ccccc3s2)c(=O)c1C(C)=Nc1cccc(OC)c1OC. The molecule has 0 radical (unpaired) electrons. The number of nitrogens with one attached hydrogen (secondary N) is 1. The first kappa shape index (κ1) is 22.3. The Labute approximate surface area is 193 Å². The van der Waals surface area contributed by atoms with E-state index in [4.69, 9.17) is 14.2 Å². The Morgan fingerprint density at radius 3 is 2.61 bits per heavy atom. The molecule has 0 aliphatic heterocycles. The number of carbonyl (C=O) groups excluding carboxylic acids is 1. The summed E-state index contributed by atoms with van der Waals surface area (Å²) < 4.78 is 17.9. The van der Waals surface area contributed by atoms with Gasteiger partial charge in [-0.05, 0) is 31.2 Å². The molecule has 0 bridgehead atoms. The quantitative estimate of drug-likeness (QED) is 0.329. The van der Waals surface area contributed by atoms with Gasteiger partial charge in [0.15, 0.2) is 11.5 Å². The van der Waals surface area contributed by atoms with E-state index in [9.17, 15) is 9.59 Å². The van der Waals surface area contributed by atoms with Gasteiger partial charge in [-0.3, -0.25) is 14.7 Å². The first-order chi connectivity index (χ1) is 16.0. The maximum Gasteiger partial charge on any atom is 0.311 e. The van der Waals surface area contributed by atoms with Gasteiger partial charge in [0.2, 0.25) is 5.13 Å². The third-order valence-electron chi connectivity index (χ3n) is 5.02. The largest absolute Gasteiger partial charge is 0.493 e. The van der Waals surface area contributed by atoms with Crippen molar-refractivity contribution in [3.8, 4) is 16.6 Å². The fraction of sp³-hybridized carbons (Fsp3) is 0.217. The second-order valence-corrected chi connectivity index (χ2v) is 8.04. The van der Waals surface area contributed by atoms with Crippen molar-refractivity contribution in [2.24, 2.45) is 4.99 Å². The Morgan fingerprint density at radius 2 is 1.91 bits per heavy atom. The molecule has 4 rings (SSSR count). The molecule has 2 heterocycles. The van der Waals surface area contributed by atoms with Crippen LogP contribution in [-0.2, 0) is 16.0 Å². The van der Waals surface area contributed by atoms with Crippen molar-refractivity contribution < 1.29 is 19.0 Å². The molecular weight excluding hydrogens is 444 g/mol. The first-order valence-corrected chi connectivity index (χ1v) is 10.8. The molecule has 33 heavy (non-hydrogen) atoms. The number of nitrogens with zero attached hydrogens (tertiary/aromatic N) is 3. The molecule has 0 aliphatic carbocycles. The number of esters is 1. The Balaban J connectivity index is 1.87. The van der Waals surface area contributed by atoms with Crippen molar-refractivity contribution in [1.29, 1.82) is 0 Å². The zero-order chi connectivity index (χ0) is 23.5. The molecule has 0 atom stereocenters. The lowest BCUT2D eigenvalue weighted by atomic mass is 10.1. The molecule has 9 nitrogen and oxygen atoms in total. The van der Waals surface area contributed by atoms with Crippen LogP contribution in [-0.4, -0.2) is 47.8 Å². The molecule has 0 spiro atoms. The summed E-state index contributed by atoms with van der Waals surface area (Å²) in [5.41, 5.74) is 1.96. The lowest BCUT2D eigenvalue weighted by Gasteiger charge is -2.10. The summed E-state index contributed by atoms with van der Waals surface area (Å²) in [6.07, 6.45) is -0.124. The number of thiazole rings is 1. The number of benzene rings is 2. The van der Waals surface area contributed by atoms with Gasteiger partial charge in [-0.15, -0.1) is 0 Å². The number of methoxy groups -OCH3 is 3. The van der Waals surface area contributed by atoms with Crippen molar-refractivity contribution in [1.82, 2.24) is 14.8 Å². The summed E-state index contributed by atoms with van der Waals surface area (Å²) in [7, 11) is 4.35. The fourth-order valence-corrected chi connectivity index (χ4v) is 4.41. The van der Waals surface area contributed by atoms with Gasteiger partial charge in [0, 0.05) is 0 Å². The van der Waals surface area contributed by atoms with Crippen LogP contribution in [0.1, 0.15) is 18.2 Å². The van der Waals surface area contributed by atoms with E-state index in [1.807, 2.05) is 24.3 Å². The van der Waals surface area contributed by atoms with Crippen LogP contribution in [0.25, 0.3) is 15.3 Å². The van der Waals surface area contributed by atoms with E-state index in [-0.39, 0.29) is 17.5 Å². The third kappa shape index (κ3) is 4.24. The van der Waals surface area contributed by atoms with E-state index < -0.39 is 5.97 Å². The number of para-hydroxylation sites is 2. The minimum absolute atomic E-state index is 0.124. The predicted octanol–water partition coefficient (Wildman–Crippen LogP) is 3.65. The zero-order valence-corrected chi connectivity index (χ0v) is 19.4. The van der Waals surface area contributed by atoms with Crippen LogP contribution >= 0.6 is 11.3 Å². The number of hydrogen-bond acceptors (Lipinski definition) is 8. The second-order valence-electron chi connectivity index (χ2n) is 7.03. The summed E-state index contributed by atoms with van der Waals surface area (Å²) in [5.74, 6) is 0.471. The maximum atomic E-state index is 13.5. The minimum Gasteiger partial charge on any atom is -0.493 e. The Morgan fingerprint density at radius 1 is 1.12 bits per heavy atom. The van der Waals surface area contributed by atoms with Crippen LogP contribution in [0, 0.1) is 0 Å². The predicted molar refractivity (Wildman–Crippen MR) is 127 cm³/mol. The number of rotatable bonds is 7. The number of aromatic amines is 1. The molecule has 0 fully saturated rings. The molecule has 2 aromatic carbocycles. The van der Waals surface area contributed by atoms with Gasteiger partial charge >= 0.3 is 5.97 Å². The lowest BCUT2D eigenvalue weighted by Crippen LogP contribution is -2.20. The van der Waals surface area contributed by atoms with E-state index in [1.54, 1.807) is 25.1 Å². The van der Waals surface area contributed by atoms with E-state index >= 15 is 0 Å². The molecule has 4 aromatic rings. The molecular formula is C23H22N4O5S. The van der Waals surface area contributed by atoms with E-state index in [0.29, 0.717) is 33.7 Å². The van der Waals surface area contributed by atoms with Gasteiger partial charge < -0.3 is 14.2 Å². The van der Waals surface area contributed by atoms with Gasteiger partial charge in [0.1, 0.15) is 5.69 Å². The van der Waals surface area contributed by atoms with Gasteiger partial charge in [-0.1, -0.05) is 29.5 Å². The Kier molecular flexibility index (Phi) is 6.27. The fourth-order valence-electron chi connectivity index (χ4n) is 3.49. The van der Waals surface area contributed by atoms with Crippen molar-refractivity contribution in [2.45, 2.75) is 13.3 Å². The van der Waals surface area contributed by atoms with E-state index in [0.717, 1.165) is 10.2 Å². The highest BCUT2D eigenvalue weighted by atomic mass is 32.1. The smallest absolute Gasteiger partial charge is 0.311 e. The van der Waals surface area contributed by atoms with Crippen LogP contribution in [0.15, 0.2) is 52.3 Å². The lowest BCUT2D eigenvalue weighted by molar-refractivity contribution is -0.139. The number of fused-ring (bicyclic) bond motifs is 1. The highest BCUT2D eigenvalue weighted by Gasteiger charge is 2.22. The highest BCUT2D eigenvalue weighted by Crippen LogP contribution is 2.37. The monoisotopic (exact) mass is 466 g/mol. The van der Waals surface area contributed by atoms with Crippen LogP contribution in [0.3, 0.4) is 0 Å². The molecule has 0 unspecified atom stereocenters. The molecule has 0 amide bonds. The number of ether oxygens (including phenoxy) is 3. The summed E-state index contributed by atoms with van der Waals surface area (Å²) in [6, 6.07) is 12.9. The molecule has 2 aromatic heterocycles. The van der Waals surface area contributed by atoms with Gasteiger partial charge in [0.05, 0.1) is 54.9 Å². The summed E-state index contributed by atoms with van der Waals surface area (Å²) in [6.45, 7) is 1.70. The summed E-state index contributed by atoms with van der Waals surface area (Å²) in [4.78, 5) is 34.7. The molecule has 170 valence electrons. The van der Waals surface area contributed by atoms with Crippen LogP contribution in [0.4, 0.5) is 5.69 Å². The standard InChI is InChI=1S/C23H22N4O5S/c1-13(24-15-9-7-10-17(30-2)21(15)32-4)20-16(12-19(28)31-3)26-27(22(20)29)23-25-14-8-5-6-11-18(14)33-23/h5-11,26H,12H2,1-4H3. The van der Waals surface area contributed by atoms with Crippen molar-refractivity contribution >= 4 is 38.9 Å². The topological polar surface area (TPSA) is 108 Å². The van der Waals surface area contributed by atoms with Crippen molar-refractivity contribution in [2.75, 3.05) is 21.3 Å².